The highest BCUT2D eigenvalue weighted by Gasteiger charge is 2.39. The van der Waals surface area contributed by atoms with Crippen molar-refractivity contribution < 1.29 is 28.5 Å². The maximum Gasteiger partial charge on any atom is 0.312 e. The molecule has 4 rings (SSSR count). The van der Waals surface area contributed by atoms with Gasteiger partial charge in [0, 0.05) is 11.5 Å². The Labute approximate surface area is 175 Å². The molecule has 6 nitrogen and oxygen atoms in total. The Morgan fingerprint density at radius 2 is 1.83 bits per heavy atom. The number of Topliss-reactive ketones (excluding diaryl/α,β-unsaturated/α-hetero) is 1. The molecular weight excluding hydrogens is 384 g/mol. The molecule has 2 aromatic rings. The van der Waals surface area contributed by atoms with Crippen molar-refractivity contribution in [2.24, 2.45) is 0 Å². The first-order chi connectivity index (χ1) is 14.3. The Hall–Kier alpha value is -3.28. The van der Waals surface area contributed by atoms with Gasteiger partial charge in [-0.05, 0) is 63.1 Å². The molecule has 0 spiro atoms. The van der Waals surface area contributed by atoms with Gasteiger partial charge in [-0.1, -0.05) is 6.07 Å². The molecule has 0 radical (unpaired) electrons. The molecule has 0 N–H and O–H groups in total. The van der Waals surface area contributed by atoms with Gasteiger partial charge in [-0.25, -0.2) is 0 Å². The summed E-state index contributed by atoms with van der Waals surface area (Å²) in [5, 5.41) is 0. The van der Waals surface area contributed by atoms with Crippen molar-refractivity contribution in [3.8, 4) is 23.0 Å². The van der Waals surface area contributed by atoms with E-state index in [0.29, 0.717) is 39.9 Å². The number of hydrogen-bond donors (Lipinski definition) is 0. The summed E-state index contributed by atoms with van der Waals surface area (Å²) in [4.78, 5) is 25.1. The van der Waals surface area contributed by atoms with Gasteiger partial charge in [0.1, 0.15) is 11.5 Å². The van der Waals surface area contributed by atoms with Gasteiger partial charge in [-0.2, -0.15) is 0 Å². The van der Waals surface area contributed by atoms with Gasteiger partial charge in [-0.15, -0.1) is 0 Å². The van der Waals surface area contributed by atoms with E-state index in [-0.39, 0.29) is 30.2 Å². The van der Waals surface area contributed by atoms with Crippen LogP contribution in [0.15, 0.2) is 41.7 Å². The normalized spacial score (nSPS) is 17.3. The molecule has 0 bridgehead atoms. The monoisotopic (exact) mass is 408 g/mol. The lowest BCUT2D eigenvalue weighted by molar-refractivity contribution is -0.135. The predicted molar refractivity (Wildman–Crippen MR) is 111 cm³/mol. The van der Waals surface area contributed by atoms with E-state index in [9.17, 15) is 9.59 Å². The third-order valence-electron chi connectivity index (χ3n) is 5.16. The highest BCUT2D eigenvalue weighted by atomic mass is 16.5. The molecule has 1 atom stereocenters. The van der Waals surface area contributed by atoms with E-state index in [1.54, 1.807) is 19.2 Å². The standard InChI is InChI=1S/C24H24O6/c1-12(2)23-22(26)15-7-9-18-21(24(15)30-23)16(11-20(25)29-18)14-6-8-17(28-13(3)4)19(10-14)27-5/h6-10,13,16H,11H2,1-5H3/t16-/m0/s1. The van der Waals surface area contributed by atoms with Crippen molar-refractivity contribution in [3.05, 3.63) is 58.4 Å². The number of ketones is 1. The number of esters is 1. The highest BCUT2D eigenvalue weighted by Crippen LogP contribution is 2.49. The molecule has 0 amide bonds. The van der Waals surface area contributed by atoms with E-state index in [0.717, 1.165) is 11.1 Å². The predicted octanol–water partition coefficient (Wildman–Crippen LogP) is 4.79. The second kappa shape index (κ2) is 7.52. The topological polar surface area (TPSA) is 71.1 Å². The van der Waals surface area contributed by atoms with Crippen molar-refractivity contribution >= 4 is 11.8 Å². The molecule has 2 aliphatic heterocycles. The molecule has 30 heavy (non-hydrogen) atoms. The Morgan fingerprint density at radius 1 is 1.07 bits per heavy atom. The van der Waals surface area contributed by atoms with Gasteiger partial charge < -0.3 is 18.9 Å². The summed E-state index contributed by atoms with van der Waals surface area (Å²) in [7, 11) is 1.58. The van der Waals surface area contributed by atoms with Crippen molar-refractivity contribution in [1.29, 1.82) is 0 Å². The van der Waals surface area contributed by atoms with Crippen molar-refractivity contribution in [3.63, 3.8) is 0 Å². The molecule has 2 aliphatic rings. The second-order valence-electron chi connectivity index (χ2n) is 7.92. The van der Waals surface area contributed by atoms with Crippen LogP contribution in [-0.2, 0) is 4.79 Å². The van der Waals surface area contributed by atoms with Crippen LogP contribution in [0.3, 0.4) is 0 Å². The Kier molecular flexibility index (Phi) is 5.02. The Morgan fingerprint density at radius 3 is 2.50 bits per heavy atom. The largest absolute Gasteiger partial charge is 0.493 e. The lowest BCUT2D eigenvalue weighted by Crippen LogP contribution is -2.21. The van der Waals surface area contributed by atoms with E-state index in [1.165, 1.54) is 0 Å². The molecule has 0 unspecified atom stereocenters. The number of hydrogen-bond acceptors (Lipinski definition) is 6. The molecule has 0 saturated heterocycles. The van der Waals surface area contributed by atoms with Crippen LogP contribution < -0.4 is 18.9 Å². The smallest absolute Gasteiger partial charge is 0.312 e. The van der Waals surface area contributed by atoms with Crippen LogP contribution in [0.4, 0.5) is 0 Å². The number of carbonyl (C=O) groups excluding carboxylic acids is 2. The Balaban J connectivity index is 1.85. The fraction of sp³-hybridized carbons (Fsp3) is 0.333. The number of benzene rings is 2. The molecule has 156 valence electrons. The van der Waals surface area contributed by atoms with Crippen LogP contribution in [0.1, 0.15) is 61.5 Å². The zero-order valence-corrected chi connectivity index (χ0v) is 17.7. The summed E-state index contributed by atoms with van der Waals surface area (Å²) in [6.07, 6.45) is 0.138. The average molecular weight is 408 g/mol. The molecule has 6 heteroatoms. The number of rotatable bonds is 4. The van der Waals surface area contributed by atoms with E-state index in [2.05, 4.69) is 0 Å². The van der Waals surface area contributed by atoms with Gasteiger partial charge in [0.15, 0.2) is 17.3 Å². The number of methoxy groups -OCH3 is 1. The van der Waals surface area contributed by atoms with Gasteiger partial charge in [-0.3, -0.25) is 9.59 Å². The van der Waals surface area contributed by atoms with Crippen LogP contribution in [0.5, 0.6) is 23.0 Å². The Bertz CT molecular complexity index is 1080. The third kappa shape index (κ3) is 3.32. The van der Waals surface area contributed by atoms with Gasteiger partial charge >= 0.3 is 5.97 Å². The number of carbonyl (C=O) groups is 2. The summed E-state index contributed by atoms with van der Waals surface area (Å²) in [6, 6.07) is 8.93. The van der Waals surface area contributed by atoms with Gasteiger partial charge in [0.05, 0.1) is 25.2 Å². The van der Waals surface area contributed by atoms with E-state index in [4.69, 9.17) is 18.9 Å². The maximum absolute atomic E-state index is 12.8. The zero-order chi connectivity index (χ0) is 21.6. The minimum Gasteiger partial charge on any atom is -0.493 e. The maximum atomic E-state index is 12.8. The van der Waals surface area contributed by atoms with Gasteiger partial charge in [0.25, 0.3) is 0 Å². The summed E-state index contributed by atoms with van der Waals surface area (Å²) in [5.74, 6) is 1.60. The first-order valence-corrected chi connectivity index (χ1v) is 9.92. The van der Waals surface area contributed by atoms with E-state index >= 15 is 0 Å². The van der Waals surface area contributed by atoms with Crippen LogP contribution >= 0.6 is 0 Å². The quantitative estimate of drug-likeness (QED) is 0.411. The number of allylic oxidation sites excluding steroid dienone is 2. The molecular formula is C24H24O6. The second-order valence-corrected chi connectivity index (χ2v) is 7.92. The minimum atomic E-state index is -0.333. The lowest BCUT2D eigenvalue weighted by Gasteiger charge is -2.27. The summed E-state index contributed by atoms with van der Waals surface area (Å²) in [5.41, 5.74) is 2.85. The first kappa shape index (κ1) is 20.0. The molecule has 0 saturated carbocycles. The van der Waals surface area contributed by atoms with Crippen molar-refractivity contribution in [1.82, 2.24) is 0 Å². The number of ether oxygens (including phenoxy) is 4. The minimum absolute atomic E-state index is 0.000285. The molecule has 0 aromatic heterocycles. The van der Waals surface area contributed by atoms with Crippen LogP contribution in [-0.4, -0.2) is 25.0 Å². The molecule has 2 aromatic carbocycles. The number of fused-ring (bicyclic) bond motifs is 3. The van der Waals surface area contributed by atoms with Crippen LogP contribution in [0.2, 0.25) is 0 Å². The van der Waals surface area contributed by atoms with E-state index < -0.39 is 0 Å². The lowest BCUT2D eigenvalue weighted by atomic mass is 9.84. The molecule has 2 heterocycles. The summed E-state index contributed by atoms with van der Waals surface area (Å²) in [6.45, 7) is 7.56. The first-order valence-electron chi connectivity index (χ1n) is 9.92. The van der Waals surface area contributed by atoms with Crippen molar-refractivity contribution in [2.75, 3.05) is 7.11 Å². The van der Waals surface area contributed by atoms with Crippen LogP contribution in [0.25, 0.3) is 0 Å². The zero-order valence-electron chi connectivity index (χ0n) is 17.7. The summed E-state index contributed by atoms with van der Waals surface area (Å²) >= 11 is 0. The molecule has 0 aliphatic carbocycles. The highest BCUT2D eigenvalue weighted by molar-refractivity contribution is 6.13. The fourth-order valence-corrected chi connectivity index (χ4v) is 3.86. The average Bonchev–Trinajstić information content (AvgIpc) is 3.04. The summed E-state index contributed by atoms with van der Waals surface area (Å²) < 4.78 is 22.8. The SMILES string of the molecule is COc1cc([C@@H]2CC(=O)Oc3ccc4c(c32)OC(=C(C)C)C4=O)ccc1OC(C)C. The fourth-order valence-electron chi connectivity index (χ4n) is 3.86. The molecule has 0 fully saturated rings. The van der Waals surface area contributed by atoms with Crippen LogP contribution in [0, 0.1) is 0 Å². The third-order valence-corrected chi connectivity index (χ3v) is 5.16. The van der Waals surface area contributed by atoms with Gasteiger partial charge in [0.2, 0.25) is 5.78 Å². The van der Waals surface area contributed by atoms with E-state index in [1.807, 2.05) is 45.9 Å². The van der Waals surface area contributed by atoms with Crippen molar-refractivity contribution in [2.45, 2.75) is 46.1 Å².